The van der Waals surface area contributed by atoms with Gasteiger partial charge in [-0.25, -0.2) is 9.78 Å². The van der Waals surface area contributed by atoms with Crippen molar-refractivity contribution in [1.82, 2.24) is 14.5 Å². The lowest BCUT2D eigenvalue weighted by atomic mass is 10.1. The lowest BCUT2D eigenvalue weighted by Crippen LogP contribution is -2.37. The minimum absolute atomic E-state index is 0.110. The molecule has 0 aliphatic carbocycles. The van der Waals surface area contributed by atoms with Crippen LogP contribution in [-0.4, -0.2) is 60.5 Å². The van der Waals surface area contributed by atoms with Gasteiger partial charge in [0.2, 0.25) is 0 Å². The molecule has 1 fully saturated rings. The number of nitrogens with zero attached hydrogens (tertiary/aromatic N) is 3. The molecule has 0 spiro atoms. The SMILES string of the molecule is C=CCOC(=O)N1C[C@H](OS(C)(=O)=O)C[C@H]1CCc1nccn1C. The third-order valence-electron chi connectivity index (χ3n) is 3.87. The first-order valence-corrected chi connectivity index (χ1v) is 9.50. The van der Waals surface area contributed by atoms with Gasteiger partial charge in [-0.3, -0.25) is 4.18 Å². The van der Waals surface area contributed by atoms with Crippen LogP contribution < -0.4 is 0 Å². The Bertz CT molecular complexity index is 685. The second-order valence-electron chi connectivity index (χ2n) is 5.82. The topological polar surface area (TPSA) is 90.7 Å². The Hall–Kier alpha value is -1.87. The van der Waals surface area contributed by atoms with Crippen LogP contribution in [0.25, 0.3) is 0 Å². The normalized spacial score (nSPS) is 21.0. The first kappa shape index (κ1) is 18.5. The summed E-state index contributed by atoms with van der Waals surface area (Å²) in [5, 5.41) is 0. The van der Waals surface area contributed by atoms with E-state index in [-0.39, 0.29) is 19.2 Å². The minimum atomic E-state index is -3.57. The highest BCUT2D eigenvalue weighted by molar-refractivity contribution is 7.86. The van der Waals surface area contributed by atoms with E-state index in [4.69, 9.17) is 8.92 Å². The molecule has 1 aliphatic rings. The zero-order valence-electron chi connectivity index (χ0n) is 13.9. The van der Waals surface area contributed by atoms with Gasteiger partial charge in [-0.1, -0.05) is 12.7 Å². The van der Waals surface area contributed by atoms with Crippen molar-refractivity contribution < 1.29 is 22.1 Å². The summed E-state index contributed by atoms with van der Waals surface area (Å²) in [6, 6.07) is -0.161. The Morgan fingerprint density at radius 2 is 2.29 bits per heavy atom. The smallest absolute Gasteiger partial charge is 0.410 e. The van der Waals surface area contributed by atoms with E-state index < -0.39 is 22.3 Å². The Morgan fingerprint density at radius 3 is 2.88 bits per heavy atom. The first-order valence-electron chi connectivity index (χ1n) is 7.69. The van der Waals surface area contributed by atoms with Crippen molar-refractivity contribution in [3.63, 3.8) is 0 Å². The van der Waals surface area contributed by atoms with E-state index in [2.05, 4.69) is 11.6 Å². The number of aryl methyl sites for hydroxylation is 2. The molecule has 0 aromatic carbocycles. The van der Waals surface area contributed by atoms with E-state index in [9.17, 15) is 13.2 Å². The van der Waals surface area contributed by atoms with Gasteiger partial charge in [-0.15, -0.1) is 0 Å². The van der Waals surface area contributed by atoms with Gasteiger partial charge in [0, 0.05) is 31.9 Å². The van der Waals surface area contributed by atoms with Crippen LogP contribution in [0.2, 0.25) is 0 Å². The molecule has 0 unspecified atom stereocenters. The van der Waals surface area contributed by atoms with Crippen LogP contribution in [0.15, 0.2) is 25.0 Å². The highest BCUT2D eigenvalue weighted by Gasteiger charge is 2.38. The molecule has 2 atom stereocenters. The van der Waals surface area contributed by atoms with Gasteiger partial charge in [-0.2, -0.15) is 8.42 Å². The van der Waals surface area contributed by atoms with Crippen molar-refractivity contribution in [2.45, 2.75) is 31.4 Å². The Labute approximate surface area is 142 Å². The molecule has 0 N–H and O–H groups in total. The molecule has 1 amide bonds. The van der Waals surface area contributed by atoms with Gasteiger partial charge in [-0.05, 0) is 12.8 Å². The second kappa shape index (κ2) is 7.80. The fourth-order valence-electron chi connectivity index (χ4n) is 2.83. The molecule has 134 valence electrons. The molecule has 2 rings (SSSR count). The number of carbonyl (C=O) groups is 1. The van der Waals surface area contributed by atoms with Gasteiger partial charge >= 0.3 is 6.09 Å². The van der Waals surface area contributed by atoms with Crippen molar-refractivity contribution in [3.8, 4) is 0 Å². The maximum absolute atomic E-state index is 12.2. The highest BCUT2D eigenvalue weighted by atomic mass is 32.2. The third-order valence-corrected chi connectivity index (χ3v) is 4.49. The predicted octanol–water partition coefficient (Wildman–Crippen LogP) is 1.09. The van der Waals surface area contributed by atoms with Gasteiger partial charge < -0.3 is 14.2 Å². The number of aromatic nitrogens is 2. The number of likely N-dealkylation sites (tertiary alicyclic amines) is 1. The van der Waals surface area contributed by atoms with Crippen molar-refractivity contribution in [1.29, 1.82) is 0 Å². The standard InChI is InChI=1S/C15H23N3O5S/c1-4-9-22-15(19)18-11-13(23-24(3,20)21)10-12(18)5-6-14-16-7-8-17(14)2/h4,7-8,12-13H,1,5-6,9-11H2,2-3H3/t12-,13-/m1/s1. The average molecular weight is 357 g/mol. The minimum Gasteiger partial charge on any atom is -0.445 e. The summed E-state index contributed by atoms with van der Waals surface area (Å²) in [5.74, 6) is 0.905. The molecule has 2 heterocycles. The molecular formula is C15H23N3O5S. The van der Waals surface area contributed by atoms with Crippen LogP contribution in [0, 0.1) is 0 Å². The molecule has 1 aromatic heterocycles. The van der Waals surface area contributed by atoms with Crippen LogP contribution >= 0.6 is 0 Å². The third kappa shape index (κ3) is 5.07. The predicted molar refractivity (Wildman–Crippen MR) is 87.9 cm³/mol. The number of carbonyl (C=O) groups excluding carboxylic acids is 1. The zero-order valence-corrected chi connectivity index (χ0v) is 14.7. The summed E-state index contributed by atoms with van der Waals surface area (Å²) in [4.78, 5) is 18.0. The lowest BCUT2D eigenvalue weighted by Gasteiger charge is -2.23. The quantitative estimate of drug-likeness (QED) is 0.536. The number of ether oxygens (including phenoxy) is 1. The molecule has 8 nitrogen and oxygen atoms in total. The van der Waals surface area contributed by atoms with Crippen LogP contribution in [0.5, 0.6) is 0 Å². The number of amides is 1. The molecule has 9 heteroatoms. The molecule has 1 saturated heterocycles. The largest absolute Gasteiger partial charge is 0.445 e. The second-order valence-corrected chi connectivity index (χ2v) is 7.42. The molecule has 0 bridgehead atoms. The van der Waals surface area contributed by atoms with Crippen molar-refractivity contribution in [2.24, 2.45) is 7.05 Å². The molecule has 1 aromatic rings. The maximum atomic E-state index is 12.2. The maximum Gasteiger partial charge on any atom is 0.410 e. The Morgan fingerprint density at radius 1 is 1.54 bits per heavy atom. The van der Waals surface area contributed by atoms with E-state index >= 15 is 0 Å². The van der Waals surface area contributed by atoms with Crippen LogP contribution in [0.4, 0.5) is 4.79 Å². The summed E-state index contributed by atoms with van der Waals surface area (Å²) in [7, 11) is -1.67. The molecule has 0 saturated carbocycles. The zero-order chi connectivity index (χ0) is 17.7. The summed E-state index contributed by atoms with van der Waals surface area (Å²) < 4.78 is 34.8. The van der Waals surface area contributed by atoms with Crippen molar-refractivity contribution >= 4 is 16.2 Å². The molecule has 1 aliphatic heterocycles. The van der Waals surface area contributed by atoms with Crippen molar-refractivity contribution in [3.05, 3.63) is 30.9 Å². The van der Waals surface area contributed by atoms with E-state index in [0.29, 0.717) is 19.3 Å². The molecule has 24 heavy (non-hydrogen) atoms. The van der Waals surface area contributed by atoms with Gasteiger partial charge in [0.05, 0.1) is 18.9 Å². The fraction of sp³-hybridized carbons (Fsp3) is 0.600. The monoisotopic (exact) mass is 357 g/mol. The Balaban J connectivity index is 2.03. The summed E-state index contributed by atoms with van der Waals surface area (Å²) in [5.41, 5.74) is 0. The van der Waals surface area contributed by atoms with E-state index in [1.807, 2.05) is 17.8 Å². The van der Waals surface area contributed by atoms with E-state index in [0.717, 1.165) is 12.1 Å². The molecule has 0 radical (unpaired) electrons. The van der Waals surface area contributed by atoms with Gasteiger partial charge in [0.15, 0.2) is 0 Å². The van der Waals surface area contributed by atoms with E-state index in [1.54, 1.807) is 6.20 Å². The first-order chi connectivity index (χ1) is 11.3. The Kier molecular flexibility index (Phi) is 6.00. The lowest BCUT2D eigenvalue weighted by molar-refractivity contribution is 0.103. The van der Waals surface area contributed by atoms with Crippen LogP contribution in [0.3, 0.4) is 0 Å². The summed E-state index contributed by atoms with van der Waals surface area (Å²) in [6.45, 7) is 3.81. The fourth-order valence-corrected chi connectivity index (χ4v) is 3.47. The number of rotatable bonds is 7. The summed E-state index contributed by atoms with van der Waals surface area (Å²) in [6.07, 6.45) is 6.80. The van der Waals surface area contributed by atoms with E-state index in [1.165, 1.54) is 11.0 Å². The number of hydrogen-bond donors (Lipinski definition) is 0. The average Bonchev–Trinajstić information content (AvgIpc) is 3.07. The van der Waals surface area contributed by atoms with Gasteiger partial charge in [0.1, 0.15) is 12.4 Å². The van der Waals surface area contributed by atoms with Gasteiger partial charge in [0.25, 0.3) is 10.1 Å². The van der Waals surface area contributed by atoms with Crippen molar-refractivity contribution in [2.75, 3.05) is 19.4 Å². The van der Waals surface area contributed by atoms with Crippen LogP contribution in [-0.2, 0) is 32.5 Å². The molecular weight excluding hydrogens is 334 g/mol. The van der Waals surface area contributed by atoms with Crippen LogP contribution in [0.1, 0.15) is 18.7 Å². The highest BCUT2D eigenvalue weighted by Crippen LogP contribution is 2.26. The number of imidazole rings is 1. The summed E-state index contributed by atoms with van der Waals surface area (Å²) >= 11 is 0. The number of hydrogen-bond acceptors (Lipinski definition) is 6.